The number of halogens is 4. The lowest BCUT2D eigenvalue weighted by Gasteiger charge is -2.25. The SMILES string of the molecule is Cc1ccc(-n2c(O)c(N=NC3(C(=O)O)C=CC=C(c4ccccc4O)C3)c3cc(Cl)c(C(F)(F)F)cc32)cc1C. The molecule has 3 N–H and O–H groups in total. The lowest BCUT2D eigenvalue weighted by molar-refractivity contribution is -0.141. The van der Waals surface area contributed by atoms with Crippen LogP contribution in [0.3, 0.4) is 0 Å². The van der Waals surface area contributed by atoms with Crippen molar-refractivity contribution in [2.45, 2.75) is 32.0 Å². The molecule has 7 nitrogen and oxygen atoms in total. The van der Waals surface area contributed by atoms with Gasteiger partial charge in [-0.25, -0.2) is 4.79 Å². The highest BCUT2D eigenvalue weighted by atomic mass is 35.5. The summed E-state index contributed by atoms with van der Waals surface area (Å²) in [5.41, 5.74) is -0.304. The number of carbonyl (C=O) groups is 1. The predicted molar refractivity (Wildman–Crippen MR) is 149 cm³/mol. The lowest BCUT2D eigenvalue weighted by Crippen LogP contribution is -2.35. The summed E-state index contributed by atoms with van der Waals surface area (Å²) in [6.45, 7) is 3.69. The molecule has 0 radical (unpaired) electrons. The van der Waals surface area contributed by atoms with Crippen molar-refractivity contribution < 1.29 is 33.3 Å². The number of aryl methyl sites for hydroxylation is 2. The van der Waals surface area contributed by atoms with Crippen LogP contribution in [0.5, 0.6) is 11.6 Å². The molecule has 1 aromatic heterocycles. The van der Waals surface area contributed by atoms with Crippen molar-refractivity contribution in [3.8, 4) is 17.3 Å². The number of phenols is 1. The van der Waals surface area contributed by atoms with Crippen molar-refractivity contribution >= 4 is 39.7 Å². The fourth-order valence-corrected chi connectivity index (χ4v) is 5.05. The third-order valence-electron chi connectivity index (χ3n) is 7.14. The van der Waals surface area contributed by atoms with Gasteiger partial charge in [0.15, 0.2) is 5.69 Å². The Hall–Kier alpha value is -4.57. The normalized spacial score (nSPS) is 17.4. The van der Waals surface area contributed by atoms with Crippen molar-refractivity contribution in [1.29, 1.82) is 0 Å². The van der Waals surface area contributed by atoms with E-state index in [0.717, 1.165) is 23.3 Å². The van der Waals surface area contributed by atoms with E-state index in [2.05, 4.69) is 10.2 Å². The Bertz CT molecular complexity index is 1810. The highest BCUT2D eigenvalue weighted by Crippen LogP contribution is 2.47. The van der Waals surface area contributed by atoms with E-state index in [0.29, 0.717) is 16.8 Å². The lowest BCUT2D eigenvalue weighted by atomic mass is 9.84. The second-order valence-electron chi connectivity index (χ2n) is 9.80. The molecule has 210 valence electrons. The zero-order chi connectivity index (χ0) is 29.7. The maximum Gasteiger partial charge on any atom is 0.417 e. The summed E-state index contributed by atoms with van der Waals surface area (Å²) in [6.07, 6.45) is -0.519. The molecule has 1 atom stereocenters. The molecule has 1 aliphatic rings. The van der Waals surface area contributed by atoms with Gasteiger partial charge in [-0.1, -0.05) is 48.0 Å². The summed E-state index contributed by atoms with van der Waals surface area (Å²) in [5, 5.41) is 39.4. The van der Waals surface area contributed by atoms with Gasteiger partial charge in [0.25, 0.3) is 0 Å². The number of fused-ring (bicyclic) bond motifs is 1. The van der Waals surface area contributed by atoms with Crippen LogP contribution in [0.4, 0.5) is 18.9 Å². The first kappa shape index (κ1) is 28.0. The fourth-order valence-electron chi connectivity index (χ4n) is 4.78. The molecule has 0 aliphatic heterocycles. The number of azo groups is 1. The molecule has 11 heteroatoms. The molecule has 0 amide bonds. The largest absolute Gasteiger partial charge is 0.507 e. The van der Waals surface area contributed by atoms with E-state index in [4.69, 9.17) is 11.6 Å². The Morgan fingerprint density at radius 3 is 2.44 bits per heavy atom. The summed E-state index contributed by atoms with van der Waals surface area (Å²) in [7, 11) is 0. The minimum atomic E-state index is -4.77. The molecule has 0 fully saturated rings. The Morgan fingerprint density at radius 1 is 1.05 bits per heavy atom. The van der Waals surface area contributed by atoms with Gasteiger partial charge in [-0.05, 0) is 67.0 Å². The van der Waals surface area contributed by atoms with Crippen molar-refractivity contribution in [2.24, 2.45) is 10.2 Å². The maximum absolute atomic E-state index is 13.8. The standard InChI is InChI=1S/C30H23ClF3N3O4/c1-16-9-10-19(12-17(16)2)37-24-14-22(30(32,33)34)23(31)13-21(24)26(27(37)39)35-36-29(28(40)41)11-5-6-18(15-29)20-7-3-4-8-25(20)38/h3-14,38-39H,15H2,1-2H3,(H,40,41). The van der Waals surface area contributed by atoms with E-state index < -0.39 is 34.2 Å². The smallest absolute Gasteiger partial charge is 0.417 e. The highest BCUT2D eigenvalue weighted by molar-refractivity contribution is 6.32. The first-order chi connectivity index (χ1) is 19.3. The topological polar surface area (TPSA) is 107 Å². The minimum Gasteiger partial charge on any atom is -0.507 e. The van der Waals surface area contributed by atoms with Gasteiger partial charge < -0.3 is 15.3 Å². The molecule has 1 heterocycles. The van der Waals surface area contributed by atoms with Gasteiger partial charge in [-0.15, -0.1) is 5.11 Å². The maximum atomic E-state index is 13.8. The number of carboxylic acid groups (broad SMARTS) is 1. The Balaban J connectivity index is 1.69. The van der Waals surface area contributed by atoms with Crippen LogP contribution in [0.15, 0.2) is 83.1 Å². The molecule has 0 saturated heterocycles. The van der Waals surface area contributed by atoms with E-state index in [1.807, 2.05) is 13.8 Å². The number of para-hydroxylation sites is 1. The number of carboxylic acids is 1. The molecular weight excluding hydrogens is 559 g/mol. The van der Waals surface area contributed by atoms with E-state index >= 15 is 0 Å². The first-order valence-electron chi connectivity index (χ1n) is 12.4. The molecule has 0 bridgehead atoms. The summed E-state index contributed by atoms with van der Waals surface area (Å²) in [6, 6.07) is 13.4. The van der Waals surface area contributed by atoms with Gasteiger partial charge in [0.2, 0.25) is 11.4 Å². The van der Waals surface area contributed by atoms with Crippen LogP contribution in [0.1, 0.15) is 28.7 Å². The molecule has 1 unspecified atom stereocenters. The van der Waals surface area contributed by atoms with Gasteiger partial charge in [0.05, 0.1) is 16.1 Å². The third-order valence-corrected chi connectivity index (χ3v) is 7.45. The van der Waals surface area contributed by atoms with Crippen LogP contribution in [0, 0.1) is 13.8 Å². The quantitative estimate of drug-likeness (QED) is 0.206. The van der Waals surface area contributed by atoms with Gasteiger partial charge in [-0.3, -0.25) is 4.57 Å². The number of nitrogens with zero attached hydrogens (tertiary/aromatic N) is 3. The molecule has 41 heavy (non-hydrogen) atoms. The number of aliphatic carboxylic acids is 1. The van der Waals surface area contributed by atoms with Gasteiger partial charge in [-0.2, -0.15) is 18.3 Å². The van der Waals surface area contributed by atoms with Crippen molar-refractivity contribution in [2.75, 3.05) is 0 Å². The number of hydrogen-bond acceptors (Lipinski definition) is 5. The molecule has 5 rings (SSSR count). The van der Waals surface area contributed by atoms with E-state index in [-0.39, 0.29) is 28.8 Å². The average molecular weight is 582 g/mol. The Morgan fingerprint density at radius 2 is 1.78 bits per heavy atom. The number of allylic oxidation sites excluding steroid dienone is 2. The van der Waals surface area contributed by atoms with Crippen molar-refractivity contribution in [3.05, 3.63) is 100 Å². The zero-order valence-corrected chi connectivity index (χ0v) is 22.5. The predicted octanol–water partition coefficient (Wildman–Crippen LogP) is 8.28. The number of hydrogen-bond donors (Lipinski definition) is 3. The van der Waals surface area contributed by atoms with Crippen LogP contribution < -0.4 is 0 Å². The zero-order valence-electron chi connectivity index (χ0n) is 21.7. The second-order valence-corrected chi connectivity index (χ2v) is 10.2. The first-order valence-corrected chi connectivity index (χ1v) is 12.7. The molecule has 0 spiro atoms. The molecule has 0 saturated carbocycles. The minimum absolute atomic E-state index is 0.0410. The number of aromatic hydroxyl groups is 2. The van der Waals surface area contributed by atoms with Crippen molar-refractivity contribution in [1.82, 2.24) is 4.57 Å². The van der Waals surface area contributed by atoms with Crippen LogP contribution in [-0.2, 0) is 11.0 Å². The summed E-state index contributed by atoms with van der Waals surface area (Å²) < 4.78 is 42.5. The van der Waals surface area contributed by atoms with Gasteiger partial charge in [0, 0.05) is 23.1 Å². The van der Waals surface area contributed by atoms with Crippen LogP contribution in [-0.4, -0.2) is 31.4 Å². The number of benzene rings is 3. The second kappa shape index (κ2) is 10.1. The van der Waals surface area contributed by atoms with E-state index in [9.17, 15) is 33.3 Å². The van der Waals surface area contributed by atoms with Crippen LogP contribution in [0.2, 0.25) is 5.02 Å². The summed E-state index contributed by atoms with van der Waals surface area (Å²) in [5.74, 6) is -1.94. The molecule has 3 aromatic carbocycles. The number of aromatic nitrogens is 1. The third kappa shape index (κ3) is 4.95. The highest BCUT2D eigenvalue weighted by Gasteiger charge is 2.40. The average Bonchev–Trinajstić information content (AvgIpc) is 3.18. The number of phenolic OH excluding ortho intramolecular Hbond substituents is 1. The van der Waals surface area contributed by atoms with Gasteiger partial charge >= 0.3 is 12.1 Å². The van der Waals surface area contributed by atoms with Crippen LogP contribution in [0.25, 0.3) is 22.2 Å². The van der Waals surface area contributed by atoms with Crippen LogP contribution >= 0.6 is 11.6 Å². The molecule has 4 aromatic rings. The fraction of sp³-hybridized carbons (Fsp3) is 0.167. The molecular formula is C30H23ClF3N3O4. The van der Waals surface area contributed by atoms with E-state index in [1.165, 1.54) is 22.8 Å². The van der Waals surface area contributed by atoms with Crippen molar-refractivity contribution in [3.63, 3.8) is 0 Å². The Labute approximate surface area is 237 Å². The Kier molecular flexibility index (Phi) is 6.90. The van der Waals surface area contributed by atoms with Gasteiger partial charge in [0.1, 0.15) is 5.75 Å². The number of rotatable bonds is 5. The number of alkyl halides is 3. The molecule has 1 aliphatic carbocycles. The van der Waals surface area contributed by atoms with E-state index in [1.54, 1.807) is 42.5 Å². The summed E-state index contributed by atoms with van der Waals surface area (Å²) >= 11 is 6.02. The monoisotopic (exact) mass is 581 g/mol. The summed E-state index contributed by atoms with van der Waals surface area (Å²) in [4.78, 5) is 12.5.